The fourth-order valence-corrected chi connectivity index (χ4v) is 6.17. The Kier molecular flexibility index (Phi) is 35.5. The number of aliphatic hydroxyl groups is 4. The summed E-state index contributed by atoms with van der Waals surface area (Å²) in [5, 5.41) is 35.7. The number of carbonyl (C=O) groups is 3. The van der Waals surface area contributed by atoms with Crippen LogP contribution in [0.5, 0.6) is 0 Å². The minimum atomic E-state index is -0.803. The highest BCUT2D eigenvalue weighted by Gasteiger charge is 2.42. The van der Waals surface area contributed by atoms with Gasteiger partial charge in [-0.2, -0.15) is 0 Å². The molecule has 0 heterocycles. The van der Waals surface area contributed by atoms with Crippen molar-refractivity contribution in [2.24, 2.45) is 10.8 Å². The molecule has 0 aliphatic carbocycles. The predicted molar refractivity (Wildman–Crippen MR) is 218 cm³/mol. The molecule has 0 aromatic carbocycles. The van der Waals surface area contributed by atoms with Crippen LogP contribution in [0.1, 0.15) is 196 Å². The molecule has 3 unspecified atom stereocenters. The lowest BCUT2D eigenvalue weighted by Crippen LogP contribution is -2.38. The number of rotatable bonds is 35. The summed E-state index contributed by atoms with van der Waals surface area (Å²) in [7, 11) is 0. The highest BCUT2D eigenvalue weighted by Crippen LogP contribution is 2.38. The largest absolute Gasteiger partial charge is 0.465 e. The Bertz CT molecular complexity index is 936. The second-order valence-electron chi connectivity index (χ2n) is 16.1. The van der Waals surface area contributed by atoms with E-state index in [2.05, 4.69) is 13.5 Å². The Hall–Kier alpha value is -2.01. The van der Waals surface area contributed by atoms with Crippen LogP contribution >= 0.6 is 0 Å². The monoisotopic (exact) mass is 773 g/mol. The van der Waals surface area contributed by atoms with E-state index in [1.807, 2.05) is 27.7 Å². The van der Waals surface area contributed by atoms with Crippen molar-refractivity contribution in [1.29, 1.82) is 0 Å². The third-order valence-electron chi connectivity index (χ3n) is 9.99. The van der Waals surface area contributed by atoms with E-state index in [0.29, 0.717) is 63.7 Å². The predicted octanol–water partition coefficient (Wildman–Crippen LogP) is 9.32. The van der Waals surface area contributed by atoms with Gasteiger partial charge in [0.25, 0.3) is 0 Å². The zero-order chi connectivity index (χ0) is 41.1. The average Bonchev–Trinajstić information content (AvgIpc) is 3.15. The van der Waals surface area contributed by atoms with E-state index in [0.717, 1.165) is 19.3 Å². The van der Waals surface area contributed by atoms with Crippen molar-refractivity contribution in [2.45, 2.75) is 208 Å². The SMILES string of the molecule is C=C(C)C(=O)OCCCCC(O)CO.CCCCCCCCCCCCCCCCCCOC(=O)C(C)(CC)CC(C)(C)C(=O)OCCCCC(O)CO. The molecule has 0 aromatic rings. The third-order valence-corrected chi connectivity index (χ3v) is 9.99. The summed E-state index contributed by atoms with van der Waals surface area (Å²) in [4.78, 5) is 36.5. The van der Waals surface area contributed by atoms with Crippen LogP contribution in [0.15, 0.2) is 12.2 Å². The Morgan fingerprint density at radius 2 is 0.907 bits per heavy atom. The number of esters is 3. The molecule has 0 fully saturated rings. The molecule has 0 amide bonds. The number of unbranched alkanes of at least 4 members (excludes halogenated alkanes) is 17. The van der Waals surface area contributed by atoms with Crippen LogP contribution in [0.2, 0.25) is 0 Å². The summed E-state index contributed by atoms with van der Waals surface area (Å²) in [5.74, 6) is -0.928. The van der Waals surface area contributed by atoms with Gasteiger partial charge in [0, 0.05) is 5.57 Å². The molecule has 0 saturated carbocycles. The minimum Gasteiger partial charge on any atom is -0.465 e. The van der Waals surface area contributed by atoms with Crippen molar-refractivity contribution >= 4 is 17.9 Å². The van der Waals surface area contributed by atoms with Crippen LogP contribution in [0.4, 0.5) is 0 Å². The number of ether oxygens (including phenoxy) is 3. The van der Waals surface area contributed by atoms with Crippen LogP contribution < -0.4 is 0 Å². The summed E-state index contributed by atoms with van der Waals surface area (Å²) in [6.45, 7) is 15.4. The van der Waals surface area contributed by atoms with E-state index in [-0.39, 0.29) is 37.7 Å². The molecule has 0 bridgehead atoms. The van der Waals surface area contributed by atoms with Crippen molar-refractivity contribution < 1.29 is 49.0 Å². The molecule has 10 heteroatoms. The lowest BCUT2D eigenvalue weighted by Gasteiger charge is -2.33. The molecule has 3 atom stereocenters. The van der Waals surface area contributed by atoms with Gasteiger partial charge in [0.2, 0.25) is 0 Å². The van der Waals surface area contributed by atoms with E-state index in [1.165, 1.54) is 89.9 Å². The fraction of sp³-hybridized carbons (Fsp3) is 0.886. The maximum atomic E-state index is 12.9. The topological polar surface area (TPSA) is 160 Å². The smallest absolute Gasteiger partial charge is 0.333 e. The van der Waals surface area contributed by atoms with Crippen molar-refractivity contribution in [1.82, 2.24) is 0 Å². The number of carbonyl (C=O) groups excluding carboxylic acids is 3. The summed E-state index contributed by atoms with van der Waals surface area (Å²) in [6, 6.07) is 0. The normalized spacial score (nSPS) is 13.6. The lowest BCUT2D eigenvalue weighted by atomic mass is 9.72. The van der Waals surface area contributed by atoms with Gasteiger partial charge in [0.05, 0.1) is 56.1 Å². The van der Waals surface area contributed by atoms with E-state index >= 15 is 0 Å². The molecule has 0 rings (SSSR count). The quantitative estimate of drug-likeness (QED) is 0.0212. The Morgan fingerprint density at radius 3 is 1.28 bits per heavy atom. The van der Waals surface area contributed by atoms with E-state index in [1.54, 1.807) is 6.92 Å². The van der Waals surface area contributed by atoms with Gasteiger partial charge in [-0.3, -0.25) is 9.59 Å². The number of hydrogen-bond donors (Lipinski definition) is 4. The molecule has 4 N–H and O–H groups in total. The Morgan fingerprint density at radius 1 is 0.556 bits per heavy atom. The maximum absolute atomic E-state index is 12.9. The molecule has 0 aliphatic heterocycles. The van der Waals surface area contributed by atoms with Gasteiger partial charge in [0.1, 0.15) is 0 Å². The third kappa shape index (κ3) is 31.2. The molecule has 320 valence electrons. The fourth-order valence-electron chi connectivity index (χ4n) is 6.17. The standard InChI is InChI=1S/C34H66O6.C10H18O4/c1-6-8-9-10-11-12-13-14-15-16-17-18-19-20-21-23-26-40-32(38)34(5,7-2)29-33(3,4)31(37)39-27-24-22-25-30(36)28-35;1-8(2)10(13)14-6-4-3-5-9(12)7-11/h30,35-36H,6-29H2,1-5H3;9,11-12H,1,3-7H2,2H3. The van der Waals surface area contributed by atoms with Crippen molar-refractivity contribution in [3.8, 4) is 0 Å². The van der Waals surface area contributed by atoms with Crippen LogP contribution in [0, 0.1) is 10.8 Å². The minimum absolute atomic E-state index is 0.217. The molecule has 0 saturated heterocycles. The van der Waals surface area contributed by atoms with Gasteiger partial charge in [-0.1, -0.05) is 117 Å². The van der Waals surface area contributed by atoms with Crippen LogP contribution in [0.3, 0.4) is 0 Å². The van der Waals surface area contributed by atoms with Gasteiger partial charge in [-0.15, -0.1) is 0 Å². The molecular weight excluding hydrogens is 688 g/mol. The van der Waals surface area contributed by atoms with Gasteiger partial charge < -0.3 is 34.6 Å². The first-order valence-electron chi connectivity index (χ1n) is 21.5. The first-order valence-corrected chi connectivity index (χ1v) is 21.5. The Labute approximate surface area is 330 Å². The van der Waals surface area contributed by atoms with E-state index < -0.39 is 23.0 Å². The number of hydrogen-bond acceptors (Lipinski definition) is 10. The van der Waals surface area contributed by atoms with Crippen molar-refractivity contribution in [3.05, 3.63) is 12.2 Å². The van der Waals surface area contributed by atoms with Gasteiger partial charge >= 0.3 is 17.9 Å². The number of aliphatic hydroxyl groups excluding tert-OH is 4. The zero-order valence-corrected chi connectivity index (χ0v) is 35.6. The van der Waals surface area contributed by atoms with Crippen molar-refractivity contribution in [2.75, 3.05) is 33.0 Å². The lowest BCUT2D eigenvalue weighted by molar-refractivity contribution is -0.163. The Balaban J connectivity index is 0. The highest BCUT2D eigenvalue weighted by molar-refractivity contribution is 5.86. The first-order chi connectivity index (χ1) is 25.7. The molecule has 0 aliphatic rings. The highest BCUT2D eigenvalue weighted by atomic mass is 16.5. The zero-order valence-electron chi connectivity index (χ0n) is 35.6. The molecule has 10 nitrogen and oxygen atoms in total. The summed E-state index contributed by atoms with van der Waals surface area (Å²) >= 11 is 0. The molecule has 54 heavy (non-hydrogen) atoms. The first kappa shape index (κ1) is 54.1. The van der Waals surface area contributed by atoms with Gasteiger partial charge in [0.15, 0.2) is 0 Å². The molecule has 0 spiro atoms. The molecular formula is C44H84O10. The van der Waals surface area contributed by atoms with Crippen LogP contribution in [0.25, 0.3) is 0 Å². The van der Waals surface area contributed by atoms with Gasteiger partial charge in [-0.25, -0.2) is 4.79 Å². The summed E-state index contributed by atoms with van der Waals surface area (Å²) in [5.41, 5.74) is -1.15. The second-order valence-corrected chi connectivity index (χ2v) is 16.1. The average molecular weight is 773 g/mol. The summed E-state index contributed by atoms with van der Waals surface area (Å²) in [6.07, 6.45) is 24.3. The van der Waals surface area contributed by atoms with Crippen LogP contribution in [-0.4, -0.2) is 83.6 Å². The van der Waals surface area contributed by atoms with E-state index in [4.69, 9.17) is 29.5 Å². The molecule has 0 radical (unpaired) electrons. The van der Waals surface area contributed by atoms with Crippen molar-refractivity contribution in [3.63, 3.8) is 0 Å². The molecule has 0 aromatic heterocycles. The maximum Gasteiger partial charge on any atom is 0.333 e. The van der Waals surface area contributed by atoms with E-state index in [9.17, 15) is 19.5 Å². The van der Waals surface area contributed by atoms with Gasteiger partial charge in [-0.05, 0) is 85.5 Å². The van der Waals surface area contributed by atoms with Crippen LogP contribution in [-0.2, 0) is 28.6 Å². The summed E-state index contributed by atoms with van der Waals surface area (Å²) < 4.78 is 15.9. The second kappa shape index (κ2) is 35.4.